The molecule has 0 saturated heterocycles. The zero-order valence-electron chi connectivity index (χ0n) is 29.3. The van der Waals surface area contributed by atoms with Gasteiger partial charge in [-0.2, -0.15) is 0 Å². The molecule has 10 heteroatoms. The van der Waals surface area contributed by atoms with Crippen LogP contribution < -0.4 is 0 Å². The smallest absolute Gasteiger partial charge is 0.309 e. The van der Waals surface area contributed by atoms with E-state index < -0.39 is 40.7 Å². The minimum Gasteiger partial charge on any atom is -0.481 e. The number of carboxylic acid groups (broad SMARTS) is 5. The van der Waals surface area contributed by atoms with Gasteiger partial charge in [0.25, 0.3) is 0 Å². The van der Waals surface area contributed by atoms with Gasteiger partial charge in [0.1, 0.15) is 0 Å². The van der Waals surface area contributed by atoms with Crippen LogP contribution in [0.3, 0.4) is 0 Å². The van der Waals surface area contributed by atoms with E-state index in [1.165, 1.54) is 0 Å². The molecule has 0 spiro atoms. The first-order chi connectivity index (χ1) is 18.4. The lowest BCUT2D eigenvalue weighted by Gasteiger charge is -2.41. The van der Waals surface area contributed by atoms with Crippen molar-refractivity contribution in [1.29, 1.82) is 0 Å². The van der Waals surface area contributed by atoms with Crippen LogP contribution in [-0.2, 0) is 24.0 Å². The summed E-state index contributed by atoms with van der Waals surface area (Å²) in [6.45, 7) is 30.1. The Kier molecular flexibility index (Phi) is 26.7. The summed E-state index contributed by atoms with van der Waals surface area (Å²) in [4.78, 5) is 50.8. The number of hydrogen-bond donors (Lipinski definition) is 5. The van der Waals surface area contributed by atoms with Gasteiger partial charge in [0.15, 0.2) is 0 Å². The maximum absolute atomic E-state index is 11.0. The molecule has 0 aliphatic rings. The van der Waals surface area contributed by atoms with Crippen molar-refractivity contribution >= 4 is 29.8 Å². The fourth-order valence-corrected chi connectivity index (χ4v) is 2.01. The SMILES string of the molecule is CC(C)C(=O)O.CC(C)C(C)(C)C(=O)O.CC(C)C(C)(C)C(C)(C)C(=O)O.CC(C)CC(=O)O.CC(C)CCC(=O)O. The quantitative estimate of drug-likeness (QED) is 0.154. The van der Waals surface area contributed by atoms with E-state index in [1.807, 2.05) is 55.4 Å². The highest BCUT2D eigenvalue weighted by Crippen LogP contribution is 2.44. The van der Waals surface area contributed by atoms with Gasteiger partial charge in [0, 0.05) is 12.8 Å². The zero-order chi connectivity index (χ0) is 35.4. The van der Waals surface area contributed by atoms with Gasteiger partial charge in [-0.1, -0.05) is 83.1 Å². The Hall–Kier alpha value is -2.65. The summed E-state index contributed by atoms with van der Waals surface area (Å²) in [6.07, 6.45) is 1.37. The van der Waals surface area contributed by atoms with E-state index in [9.17, 15) is 24.0 Å². The highest BCUT2D eigenvalue weighted by Gasteiger charge is 2.45. The van der Waals surface area contributed by atoms with Crippen molar-refractivity contribution in [3.63, 3.8) is 0 Å². The molecule has 252 valence electrons. The molecule has 0 aliphatic heterocycles. The molecule has 5 N–H and O–H groups in total. The van der Waals surface area contributed by atoms with Gasteiger partial charge < -0.3 is 25.5 Å². The average Bonchev–Trinajstić information content (AvgIpc) is 2.77. The number of rotatable bonds is 11. The fourth-order valence-electron chi connectivity index (χ4n) is 2.01. The van der Waals surface area contributed by atoms with Gasteiger partial charge in [0.05, 0.1) is 16.7 Å². The number of hydrogen-bond acceptors (Lipinski definition) is 5. The third kappa shape index (κ3) is 26.3. The molecular weight excluding hydrogens is 544 g/mol. The number of carboxylic acids is 5. The van der Waals surface area contributed by atoms with E-state index in [4.69, 9.17) is 25.5 Å². The van der Waals surface area contributed by atoms with E-state index in [0.717, 1.165) is 6.42 Å². The molecule has 0 rings (SSSR count). The Morgan fingerprint density at radius 1 is 0.548 bits per heavy atom. The predicted octanol–water partition coefficient (Wildman–Crippen LogP) is 7.88. The minimum absolute atomic E-state index is 0.182. The van der Waals surface area contributed by atoms with Gasteiger partial charge in [-0.25, -0.2) is 0 Å². The van der Waals surface area contributed by atoms with Crippen molar-refractivity contribution in [2.24, 2.45) is 45.8 Å². The van der Waals surface area contributed by atoms with E-state index >= 15 is 0 Å². The van der Waals surface area contributed by atoms with Crippen LogP contribution in [-0.4, -0.2) is 55.4 Å². The van der Waals surface area contributed by atoms with Crippen molar-refractivity contribution in [2.45, 2.75) is 130 Å². The van der Waals surface area contributed by atoms with Crippen LogP contribution in [0.25, 0.3) is 0 Å². The molecule has 0 unspecified atom stereocenters. The van der Waals surface area contributed by atoms with E-state index in [-0.39, 0.29) is 29.6 Å². The average molecular weight is 609 g/mol. The summed E-state index contributed by atoms with van der Waals surface area (Å²) >= 11 is 0. The first-order valence-electron chi connectivity index (χ1n) is 14.6. The molecule has 0 saturated carbocycles. The molecule has 0 aromatic carbocycles. The van der Waals surface area contributed by atoms with Crippen LogP contribution in [0.15, 0.2) is 0 Å². The molecular formula is C32H64O10. The monoisotopic (exact) mass is 608 g/mol. The van der Waals surface area contributed by atoms with E-state index in [2.05, 4.69) is 13.8 Å². The normalized spacial score (nSPS) is 11.3. The van der Waals surface area contributed by atoms with Crippen LogP contribution in [0.5, 0.6) is 0 Å². The van der Waals surface area contributed by atoms with Gasteiger partial charge in [-0.3, -0.25) is 24.0 Å². The minimum atomic E-state index is -0.741. The molecule has 0 radical (unpaired) electrons. The predicted molar refractivity (Wildman–Crippen MR) is 168 cm³/mol. The maximum Gasteiger partial charge on any atom is 0.309 e. The summed E-state index contributed by atoms with van der Waals surface area (Å²) in [5, 5.41) is 41.9. The van der Waals surface area contributed by atoms with Gasteiger partial charge in [-0.05, 0) is 63.2 Å². The molecule has 42 heavy (non-hydrogen) atoms. The van der Waals surface area contributed by atoms with Crippen molar-refractivity contribution in [3.8, 4) is 0 Å². The molecule has 0 aromatic heterocycles. The number of aliphatic carboxylic acids is 5. The second kappa shape index (κ2) is 22.9. The van der Waals surface area contributed by atoms with E-state index in [0.29, 0.717) is 18.3 Å². The van der Waals surface area contributed by atoms with Crippen molar-refractivity contribution in [1.82, 2.24) is 0 Å². The van der Waals surface area contributed by atoms with Gasteiger partial charge in [0.2, 0.25) is 0 Å². The number of carbonyl (C=O) groups is 5. The van der Waals surface area contributed by atoms with E-state index in [1.54, 1.807) is 41.5 Å². The fraction of sp³-hybridized carbons (Fsp3) is 0.844. The summed E-state index contributed by atoms with van der Waals surface area (Å²) in [5.41, 5.74) is -1.43. The second-order valence-corrected chi connectivity index (χ2v) is 13.8. The molecule has 0 atom stereocenters. The van der Waals surface area contributed by atoms with Crippen LogP contribution in [0.4, 0.5) is 0 Å². The Morgan fingerprint density at radius 2 is 0.905 bits per heavy atom. The van der Waals surface area contributed by atoms with Crippen LogP contribution in [0.1, 0.15) is 130 Å². The zero-order valence-corrected chi connectivity index (χ0v) is 29.3. The van der Waals surface area contributed by atoms with Gasteiger partial charge in [-0.15, -0.1) is 0 Å². The van der Waals surface area contributed by atoms with Crippen LogP contribution in [0.2, 0.25) is 0 Å². The molecule has 0 fully saturated rings. The summed E-state index contributed by atoms with van der Waals surface area (Å²) in [5.74, 6) is -2.49. The third-order valence-electron chi connectivity index (χ3n) is 7.60. The Balaban J connectivity index is -0.000000139. The standard InChI is InChI=1S/C10H20O2.C7H14O2.C6H12O2.C5H10O2.C4H8O2/c1-7(2)9(3,4)10(5,6)8(11)12;1-5(2)7(3,4)6(8)9;1-5(2)3-4-6(7)8;1-4(2)3-5(6)7;1-3(2)4(5)6/h7H,1-6H3,(H,11,12);5H,1-4H3,(H,8,9);5H,3-4H2,1-2H3,(H,7,8);4H,3H2,1-2H3,(H,6,7);3H,1-2H3,(H,5,6). The third-order valence-corrected chi connectivity index (χ3v) is 7.60. The Labute approximate surface area is 255 Å². The second-order valence-electron chi connectivity index (χ2n) is 13.8. The lowest BCUT2D eigenvalue weighted by atomic mass is 9.62. The Morgan fingerprint density at radius 3 is 0.952 bits per heavy atom. The topological polar surface area (TPSA) is 186 Å². The molecule has 0 aromatic rings. The highest BCUT2D eigenvalue weighted by molar-refractivity contribution is 5.75. The maximum atomic E-state index is 11.0. The van der Waals surface area contributed by atoms with Crippen LogP contribution >= 0.6 is 0 Å². The molecule has 0 bridgehead atoms. The van der Waals surface area contributed by atoms with Crippen molar-refractivity contribution < 1.29 is 49.5 Å². The van der Waals surface area contributed by atoms with Crippen LogP contribution in [0, 0.1) is 45.8 Å². The molecule has 10 nitrogen and oxygen atoms in total. The summed E-state index contributed by atoms with van der Waals surface area (Å²) in [7, 11) is 0. The summed E-state index contributed by atoms with van der Waals surface area (Å²) in [6, 6.07) is 0. The molecule has 0 aliphatic carbocycles. The Bertz CT molecular complexity index is 789. The molecule has 0 heterocycles. The van der Waals surface area contributed by atoms with Gasteiger partial charge >= 0.3 is 29.8 Å². The first-order valence-corrected chi connectivity index (χ1v) is 14.6. The lowest BCUT2D eigenvalue weighted by Crippen LogP contribution is -2.42. The highest BCUT2D eigenvalue weighted by atomic mass is 16.4. The van der Waals surface area contributed by atoms with Crippen molar-refractivity contribution in [3.05, 3.63) is 0 Å². The lowest BCUT2D eigenvalue weighted by molar-refractivity contribution is -0.156. The first kappa shape index (κ1) is 49.0. The molecule has 0 amide bonds. The van der Waals surface area contributed by atoms with Crippen molar-refractivity contribution in [2.75, 3.05) is 0 Å². The summed E-state index contributed by atoms with van der Waals surface area (Å²) < 4.78 is 0. The largest absolute Gasteiger partial charge is 0.481 e.